The third kappa shape index (κ3) is 4.62. The summed E-state index contributed by atoms with van der Waals surface area (Å²) < 4.78 is 11.2. The van der Waals surface area contributed by atoms with E-state index in [4.69, 9.17) is 9.15 Å². The van der Waals surface area contributed by atoms with E-state index in [0.29, 0.717) is 6.04 Å². The highest BCUT2D eigenvalue weighted by Crippen LogP contribution is 2.14. The highest BCUT2D eigenvalue weighted by molar-refractivity contribution is 5.08. The van der Waals surface area contributed by atoms with Crippen LogP contribution in [0.15, 0.2) is 23.0 Å². The summed E-state index contributed by atoms with van der Waals surface area (Å²) in [6, 6.07) is 2.42. The number of nitrogens with zero attached hydrogens (tertiary/aromatic N) is 1. The van der Waals surface area contributed by atoms with Gasteiger partial charge in [0.2, 0.25) is 0 Å². The molecule has 1 saturated heterocycles. The van der Waals surface area contributed by atoms with Crippen LogP contribution in [0.5, 0.6) is 0 Å². The van der Waals surface area contributed by atoms with E-state index in [0.717, 1.165) is 39.1 Å². The van der Waals surface area contributed by atoms with Gasteiger partial charge < -0.3 is 14.5 Å². The van der Waals surface area contributed by atoms with Crippen molar-refractivity contribution >= 4 is 0 Å². The van der Waals surface area contributed by atoms with Crippen molar-refractivity contribution in [2.75, 3.05) is 32.8 Å². The zero-order valence-electron chi connectivity index (χ0n) is 12.8. The Labute approximate surface area is 122 Å². The highest BCUT2D eigenvalue weighted by Gasteiger charge is 2.27. The zero-order valence-corrected chi connectivity index (χ0v) is 12.8. The molecule has 2 rings (SSSR count). The lowest BCUT2D eigenvalue weighted by Crippen LogP contribution is -2.53. The Bertz CT molecular complexity index is 351. The second kappa shape index (κ2) is 8.45. The van der Waals surface area contributed by atoms with E-state index in [1.165, 1.54) is 18.5 Å². The minimum absolute atomic E-state index is 0.275. The van der Waals surface area contributed by atoms with Crippen LogP contribution in [-0.2, 0) is 11.2 Å². The van der Waals surface area contributed by atoms with Crippen LogP contribution < -0.4 is 5.32 Å². The van der Waals surface area contributed by atoms with Crippen LogP contribution in [0.25, 0.3) is 0 Å². The molecule has 2 unspecified atom stereocenters. The number of morpholine rings is 1. The molecule has 0 spiro atoms. The molecule has 0 saturated carbocycles. The van der Waals surface area contributed by atoms with E-state index in [1.807, 2.05) is 12.3 Å². The van der Waals surface area contributed by atoms with E-state index in [1.54, 1.807) is 6.26 Å². The first-order valence-electron chi connectivity index (χ1n) is 7.91. The molecule has 0 aliphatic carbocycles. The van der Waals surface area contributed by atoms with Crippen LogP contribution >= 0.6 is 0 Å². The summed E-state index contributed by atoms with van der Waals surface area (Å²) in [5.41, 5.74) is 1.25. The number of rotatable bonds is 8. The predicted octanol–water partition coefficient (Wildman–Crippen LogP) is 2.30. The lowest BCUT2D eigenvalue weighted by molar-refractivity contribution is -0.0461. The zero-order chi connectivity index (χ0) is 14.2. The molecule has 4 heteroatoms. The fourth-order valence-corrected chi connectivity index (χ4v) is 2.82. The van der Waals surface area contributed by atoms with Crippen molar-refractivity contribution < 1.29 is 9.15 Å². The average molecular weight is 280 g/mol. The number of nitrogens with one attached hydrogen (secondary N) is 1. The summed E-state index contributed by atoms with van der Waals surface area (Å²) in [5, 5.41) is 3.65. The molecule has 1 fully saturated rings. The molecule has 2 atom stereocenters. The first-order valence-corrected chi connectivity index (χ1v) is 7.91. The third-order valence-corrected chi connectivity index (χ3v) is 3.86. The van der Waals surface area contributed by atoms with E-state index < -0.39 is 0 Å². The Morgan fingerprint density at radius 1 is 1.40 bits per heavy atom. The van der Waals surface area contributed by atoms with Gasteiger partial charge in [0.1, 0.15) is 0 Å². The van der Waals surface area contributed by atoms with E-state index in [2.05, 4.69) is 24.1 Å². The Hall–Kier alpha value is -0.840. The van der Waals surface area contributed by atoms with Gasteiger partial charge in [0.15, 0.2) is 0 Å². The van der Waals surface area contributed by atoms with Gasteiger partial charge in [-0.2, -0.15) is 0 Å². The van der Waals surface area contributed by atoms with Crippen molar-refractivity contribution in [1.29, 1.82) is 0 Å². The fourth-order valence-electron chi connectivity index (χ4n) is 2.82. The molecule has 0 aromatic carbocycles. The summed E-state index contributed by atoms with van der Waals surface area (Å²) >= 11 is 0. The number of hydrogen-bond acceptors (Lipinski definition) is 4. The normalized spacial score (nSPS) is 22.0. The van der Waals surface area contributed by atoms with Crippen LogP contribution in [0.4, 0.5) is 0 Å². The van der Waals surface area contributed by atoms with Gasteiger partial charge in [-0.3, -0.25) is 4.90 Å². The van der Waals surface area contributed by atoms with Gasteiger partial charge >= 0.3 is 0 Å². The molecular formula is C16H28N2O2. The maximum atomic E-state index is 6.03. The number of hydrogen-bond donors (Lipinski definition) is 1. The molecule has 4 nitrogen and oxygen atoms in total. The second-order valence-electron chi connectivity index (χ2n) is 5.61. The molecule has 1 aliphatic rings. The Balaban J connectivity index is 1.93. The minimum Gasteiger partial charge on any atom is -0.472 e. The molecule has 0 bridgehead atoms. The second-order valence-corrected chi connectivity index (χ2v) is 5.61. The minimum atomic E-state index is 0.275. The smallest absolute Gasteiger partial charge is 0.0935 e. The van der Waals surface area contributed by atoms with Crippen LogP contribution in [0, 0.1) is 0 Å². The van der Waals surface area contributed by atoms with Crippen molar-refractivity contribution in [2.45, 2.75) is 45.3 Å². The summed E-state index contributed by atoms with van der Waals surface area (Å²) in [6.07, 6.45) is 7.19. The van der Waals surface area contributed by atoms with Crippen molar-refractivity contribution in [1.82, 2.24) is 10.2 Å². The summed E-state index contributed by atoms with van der Waals surface area (Å²) in [7, 11) is 0. The first kappa shape index (κ1) is 15.5. The Kier molecular flexibility index (Phi) is 6.57. The predicted molar refractivity (Wildman–Crippen MR) is 81.0 cm³/mol. The molecule has 1 aliphatic heterocycles. The van der Waals surface area contributed by atoms with Gasteiger partial charge in [0.05, 0.1) is 25.2 Å². The van der Waals surface area contributed by atoms with Gasteiger partial charge in [-0.05, 0) is 44.0 Å². The molecule has 0 amide bonds. The Morgan fingerprint density at radius 2 is 2.30 bits per heavy atom. The monoisotopic (exact) mass is 280 g/mol. The van der Waals surface area contributed by atoms with Crippen LogP contribution in [-0.4, -0.2) is 49.8 Å². The molecule has 0 radical (unpaired) electrons. The molecular weight excluding hydrogens is 252 g/mol. The van der Waals surface area contributed by atoms with Gasteiger partial charge in [-0.1, -0.05) is 13.8 Å². The van der Waals surface area contributed by atoms with E-state index in [-0.39, 0.29) is 6.10 Å². The van der Waals surface area contributed by atoms with Gasteiger partial charge in [0, 0.05) is 19.1 Å². The molecule has 114 valence electrons. The molecule has 1 N–H and O–H groups in total. The maximum Gasteiger partial charge on any atom is 0.0935 e. The quantitative estimate of drug-likeness (QED) is 0.793. The van der Waals surface area contributed by atoms with Crippen LogP contribution in [0.2, 0.25) is 0 Å². The lowest BCUT2D eigenvalue weighted by Gasteiger charge is -2.37. The van der Waals surface area contributed by atoms with E-state index >= 15 is 0 Å². The largest absolute Gasteiger partial charge is 0.472 e. The van der Waals surface area contributed by atoms with Crippen LogP contribution in [0.1, 0.15) is 32.3 Å². The third-order valence-electron chi connectivity index (χ3n) is 3.86. The molecule has 2 heterocycles. The van der Waals surface area contributed by atoms with Crippen molar-refractivity contribution in [3.8, 4) is 0 Å². The van der Waals surface area contributed by atoms with E-state index in [9.17, 15) is 0 Å². The van der Waals surface area contributed by atoms with Crippen LogP contribution in [0.3, 0.4) is 0 Å². The molecule has 1 aromatic heterocycles. The lowest BCUT2D eigenvalue weighted by atomic mass is 10.0. The number of ether oxygens (including phenoxy) is 1. The SMILES string of the molecule is CCCNC(Cc1ccoc1)C1CN(CCC)CCO1. The molecule has 1 aromatic rings. The Morgan fingerprint density at radius 3 is 3.00 bits per heavy atom. The van der Waals surface area contributed by atoms with Gasteiger partial charge in [-0.25, -0.2) is 0 Å². The number of furan rings is 1. The average Bonchev–Trinajstić information content (AvgIpc) is 2.97. The van der Waals surface area contributed by atoms with Crippen molar-refractivity contribution in [2.24, 2.45) is 0 Å². The first-order chi connectivity index (χ1) is 9.83. The summed E-state index contributed by atoms with van der Waals surface area (Å²) in [4.78, 5) is 2.52. The fraction of sp³-hybridized carbons (Fsp3) is 0.750. The standard InChI is InChI=1S/C16H28N2O2/c1-3-6-17-15(11-14-5-9-19-13-14)16-12-18(7-4-2)8-10-20-16/h5,9,13,15-17H,3-4,6-8,10-12H2,1-2H3. The summed E-state index contributed by atoms with van der Waals surface area (Å²) in [6.45, 7) is 9.60. The maximum absolute atomic E-state index is 6.03. The van der Waals surface area contributed by atoms with Gasteiger partial charge in [-0.15, -0.1) is 0 Å². The van der Waals surface area contributed by atoms with Crippen molar-refractivity contribution in [3.05, 3.63) is 24.2 Å². The highest BCUT2D eigenvalue weighted by atomic mass is 16.5. The topological polar surface area (TPSA) is 37.6 Å². The summed E-state index contributed by atoms with van der Waals surface area (Å²) in [5.74, 6) is 0. The van der Waals surface area contributed by atoms with Gasteiger partial charge in [0.25, 0.3) is 0 Å². The molecule has 20 heavy (non-hydrogen) atoms. The van der Waals surface area contributed by atoms with Crippen molar-refractivity contribution in [3.63, 3.8) is 0 Å².